The predicted molar refractivity (Wildman–Crippen MR) is 83.7 cm³/mol. The van der Waals surface area contributed by atoms with E-state index in [9.17, 15) is 4.39 Å². The van der Waals surface area contributed by atoms with Crippen molar-refractivity contribution in [1.82, 2.24) is 10.3 Å². The van der Waals surface area contributed by atoms with E-state index in [4.69, 9.17) is 0 Å². The Morgan fingerprint density at radius 1 is 1.00 bits per heavy atom. The van der Waals surface area contributed by atoms with Crippen LogP contribution in [0.2, 0.25) is 0 Å². The minimum absolute atomic E-state index is 0.280. The van der Waals surface area contributed by atoms with Crippen LogP contribution in [0.3, 0.4) is 0 Å². The predicted octanol–water partition coefficient (Wildman–Crippen LogP) is 4.04. The van der Waals surface area contributed by atoms with Gasteiger partial charge in [0.2, 0.25) is 0 Å². The maximum atomic E-state index is 13.2. The first-order valence-corrected chi connectivity index (χ1v) is 7.05. The summed E-state index contributed by atoms with van der Waals surface area (Å²) in [5, 5.41) is 4.36. The molecule has 0 amide bonds. The standard InChI is InChI=1S/C18H17FN2/c19-11-18(15-6-2-1-3-7-15)21-13-14-10-16-8-4-5-9-17(16)20-12-14/h1-10,12,18,21H,11,13H2. The Labute approximate surface area is 123 Å². The van der Waals surface area contributed by atoms with Crippen LogP contribution in [0, 0.1) is 0 Å². The fourth-order valence-electron chi connectivity index (χ4n) is 2.40. The smallest absolute Gasteiger partial charge is 0.109 e. The van der Waals surface area contributed by atoms with Gasteiger partial charge in [-0.15, -0.1) is 0 Å². The molecule has 1 heterocycles. The fraction of sp³-hybridized carbons (Fsp3) is 0.167. The van der Waals surface area contributed by atoms with Gasteiger partial charge in [0, 0.05) is 18.1 Å². The van der Waals surface area contributed by atoms with Crippen molar-refractivity contribution in [3.8, 4) is 0 Å². The summed E-state index contributed by atoms with van der Waals surface area (Å²) in [4.78, 5) is 4.42. The topological polar surface area (TPSA) is 24.9 Å². The Morgan fingerprint density at radius 2 is 1.76 bits per heavy atom. The fourth-order valence-corrected chi connectivity index (χ4v) is 2.40. The molecular formula is C18H17FN2. The molecule has 1 N–H and O–H groups in total. The van der Waals surface area contributed by atoms with Gasteiger partial charge in [-0.2, -0.15) is 0 Å². The van der Waals surface area contributed by atoms with Crippen molar-refractivity contribution in [1.29, 1.82) is 0 Å². The minimum Gasteiger partial charge on any atom is -0.304 e. The molecule has 0 radical (unpaired) electrons. The van der Waals surface area contributed by atoms with E-state index in [1.807, 2.05) is 60.8 Å². The van der Waals surface area contributed by atoms with Gasteiger partial charge in [-0.05, 0) is 23.3 Å². The zero-order valence-electron chi connectivity index (χ0n) is 11.7. The molecule has 3 aromatic rings. The molecule has 1 atom stereocenters. The number of nitrogens with one attached hydrogen (secondary N) is 1. The highest BCUT2D eigenvalue weighted by Gasteiger charge is 2.10. The van der Waals surface area contributed by atoms with Crippen LogP contribution >= 0.6 is 0 Å². The van der Waals surface area contributed by atoms with E-state index < -0.39 is 6.67 Å². The molecular weight excluding hydrogens is 263 g/mol. The highest BCUT2D eigenvalue weighted by molar-refractivity contribution is 5.78. The molecule has 0 saturated heterocycles. The molecule has 3 heteroatoms. The quantitative estimate of drug-likeness (QED) is 0.763. The number of alkyl halides is 1. The highest BCUT2D eigenvalue weighted by atomic mass is 19.1. The van der Waals surface area contributed by atoms with Crippen LogP contribution in [-0.4, -0.2) is 11.7 Å². The Bertz CT molecular complexity index is 712. The monoisotopic (exact) mass is 280 g/mol. The number of benzene rings is 2. The Morgan fingerprint density at radius 3 is 2.57 bits per heavy atom. The SMILES string of the molecule is FCC(NCc1cnc2ccccc2c1)c1ccccc1. The molecule has 0 fully saturated rings. The Kier molecular flexibility index (Phi) is 4.22. The number of hydrogen-bond acceptors (Lipinski definition) is 2. The van der Waals surface area contributed by atoms with Gasteiger partial charge in [0.15, 0.2) is 0 Å². The van der Waals surface area contributed by atoms with Gasteiger partial charge in [-0.25, -0.2) is 4.39 Å². The second kappa shape index (κ2) is 6.46. The zero-order chi connectivity index (χ0) is 14.5. The highest BCUT2D eigenvalue weighted by Crippen LogP contribution is 2.16. The molecule has 2 aromatic carbocycles. The van der Waals surface area contributed by atoms with Crippen LogP contribution in [0.25, 0.3) is 10.9 Å². The minimum atomic E-state index is -0.426. The molecule has 0 aliphatic carbocycles. The van der Waals surface area contributed by atoms with Crippen molar-refractivity contribution >= 4 is 10.9 Å². The van der Waals surface area contributed by atoms with Crippen molar-refractivity contribution < 1.29 is 4.39 Å². The maximum Gasteiger partial charge on any atom is 0.109 e. The molecule has 0 bridgehead atoms. The van der Waals surface area contributed by atoms with E-state index >= 15 is 0 Å². The third kappa shape index (κ3) is 3.26. The molecule has 0 saturated carbocycles. The summed E-state index contributed by atoms with van der Waals surface area (Å²) in [6.07, 6.45) is 1.84. The van der Waals surface area contributed by atoms with Crippen LogP contribution < -0.4 is 5.32 Å². The van der Waals surface area contributed by atoms with E-state index in [0.29, 0.717) is 6.54 Å². The first-order chi connectivity index (χ1) is 10.4. The van der Waals surface area contributed by atoms with Crippen LogP contribution in [0.5, 0.6) is 0 Å². The number of aromatic nitrogens is 1. The number of halogens is 1. The summed E-state index contributed by atoms with van der Waals surface area (Å²) in [6.45, 7) is 0.173. The average molecular weight is 280 g/mol. The first kappa shape index (κ1) is 13.7. The third-order valence-corrected chi connectivity index (χ3v) is 3.56. The van der Waals surface area contributed by atoms with Crippen molar-refractivity contribution in [2.75, 3.05) is 6.67 Å². The molecule has 21 heavy (non-hydrogen) atoms. The lowest BCUT2D eigenvalue weighted by molar-refractivity contribution is 0.380. The Hall–Kier alpha value is -2.26. The molecule has 2 nitrogen and oxygen atoms in total. The molecule has 106 valence electrons. The Balaban J connectivity index is 1.73. The van der Waals surface area contributed by atoms with E-state index in [1.165, 1.54) is 0 Å². The van der Waals surface area contributed by atoms with E-state index in [0.717, 1.165) is 22.0 Å². The zero-order valence-corrected chi connectivity index (χ0v) is 11.7. The number of hydrogen-bond donors (Lipinski definition) is 1. The van der Waals surface area contributed by atoms with Crippen molar-refractivity contribution in [2.24, 2.45) is 0 Å². The van der Waals surface area contributed by atoms with Crippen LogP contribution in [0.1, 0.15) is 17.2 Å². The summed E-state index contributed by atoms with van der Waals surface area (Å²) in [7, 11) is 0. The lowest BCUT2D eigenvalue weighted by Crippen LogP contribution is -2.22. The summed E-state index contributed by atoms with van der Waals surface area (Å²) in [6, 6.07) is 19.5. The summed E-state index contributed by atoms with van der Waals surface area (Å²) >= 11 is 0. The molecule has 0 aliphatic rings. The lowest BCUT2D eigenvalue weighted by atomic mass is 10.1. The molecule has 0 spiro atoms. The molecule has 1 unspecified atom stereocenters. The van der Waals surface area contributed by atoms with Gasteiger partial charge in [0.05, 0.1) is 11.6 Å². The summed E-state index contributed by atoms with van der Waals surface area (Å²) < 4.78 is 13.2. The number of rotatable bonds is 5. The summed E-state index contributed by atoms with van der Waals surface area (Å²) in [5.41, 5.74) is 3.00. The molecule has 1 aromatic heterocycles. The van der Waals surface area contributed by atoms with Gasteiger partial charge in [0.25, 0.3) is 0 Å². The second-order valence-electron chi connectivity index (χ2n) is 5.03. The molecule has 3 rings (SSSR count). The van der Waals surface area contributed by atoms with Gasteiger partial charge >= 0.3 is 0 Å². The normalized spacial score (nSPS) is 12.4. The van der Waals surface area contributed by atoms with Crippen molar-refractivity contribution in [2.45, 2.75) is 12.6 Å². The van der Waals surface area contributed by atoms with Crippen LogP contribution in [0.4, 0.5) is 4.39 Å². The van der Waals surface area contributed by atoms with Crippen molar-refractivity contribution in [3.63, 3.8) is 0 Å². The number of fused-ring (bicyclic) bond motifs is 1. The lowest BCUT2D eigenvalue weighted by Gasteiger charge is -2.15. The van der Waals surface area contributed by atoms with Gasteiger partial charge in [-0.3, -0.25) is 4.98 Å². The van der Waals surface area contributed by atoms with E-state index in [1.54, 1.807) is 0 Å². The first-order valence-electron chi connectivity index (χ1n) is 7.05. The van der Waals surface area contributed by atoms with Gasteiger partial charge in [-0.1, -0.05) is 48.5 Å². The van der Waals surface area contributed by atoms with E-state index in [2.05, 4.69) is 16.4 Å². The number of pyridine rings is 1. The third-order valence-electron chi connectivity index (χ3n) is 3.56. The second-order valence-corrected chi connectivity index (χ2v) is 5.03. The van der Waals surface area contributed by atoms with E-state index in [-0.39, 0.29) is 6.04 Å². The van der Waals surface area contributed by atoms with Gasteiger partial charge in [0.1, 0.15) is 6.67 Å². The molecule has 0 aliphatic heterocycles. The van der Waals surface area contributed by atoms with Crippen LogP contribution in [0.15, 0.2) is 66.9 Å². The maximum absolute atomic E-state index is 13.2. The van der Waals surface area contributed by atoms with Crippen LogP contribution in [-0.2, 0) is 6.54 Å². The summed E-state index contributed by atoms with van der Waals surface area (Å²) in [5.74, 6) is 0. The average Bonchev–Trinajstić information content (AvgIpc) is 2.56. The number of para-hydroxylation sites is 1. The largest absolute Gasteiger partial charge is 0.304 e. The van der Waals surface area contributed by atoms with Crippen molar-refractivity contribution in [3.05, 3.63) is 78.0 Å². The number of nitrogens with zero attached hydrogens (tertiary/aromatic N) is 1. The van der Waals surface area contributed by atoms with Gasteiger partial charge < -0.3 is 5.32 Å².